The molecule has 1 fully saturated rings. The van der Waals surface area contributed by atoms with Crippen molar-refractivity contribution in [2.24, 2.45) is 0 Å². The molecule has 1 saturated heterocycles. The number of carbonyl (C=O) groups excluding carboxylic acids is 2. The highest BCUT2D eigenvalue weighted by Crippen LogP contribution is 2.09. The van der Waals surface area contributed by atoms with Crippen molar-refractivity contribution in [2.45, 2.75) is 13.0 Å². The summed E-state index contributed by atoms with van der Waals surface area (Å²) in [5.41, 5.74) is 1.24. The Bertz CT molecular complexity index is 687. The Labute approximate surface area is 115 Å². The van der Waals surface area contributed by atoms with E-state index in [1.54, 1.807) is 12.1 Å². The lowest BCUT2D eigenvalue weighted by atomic mass is 10.2. The minimum atomic E-state index is -0.370. The molecule has 1 aliphatic heterocycles. The fraction of sp³-hybridized carbons (Fsp3) is 0.308. The lowest BCUT2D eigenvalue weighted by Gasteiger charge is -2.30. The normalized spacial score (nSPS) is 18.9. The number of hydrogen-bond donors (Lipinski definition) is 1. The van der Waals surface area contributed by atoms with Crippen LogP contribution in [0.4, 0.5) is 0 Å². The van der Waals surface area contributed by atoms with Gasteiger partial charge in [0.15, 0.2) is 0 Å². The molecular weight excluding hydrogens is 258 g/mol. The van der Waals surface area contributed by atoms with E-state index in [-0.39, 0.29) is 30.2 Å². The number of rotatable bonds is 1. The molecule has 0 bridgehead atoms. The highest BCUT2D eigenvalue weighted by Gasteiger charge is 2.28. The molecule has 7 nitrogen and oxygen atoms in total. The van der Waals surface area contributed by atoms with Crippen LogP contribution in [0.15, 0.2) is 24.3 Å². The topological polar surface area (TPSA) is 88.1 Å². The van der Waals surface area contributed by atoms with Crippen LogP contribution in [0.1, 0.15) is 17.5 Å². The van der Waals surface area contributed by atoms with Crippen molar-refractivity contribution in [2.75, 3.05) is 13.1 Å². The third-order valence-corrected chi connectivity index (χ3v) is 3.08. The zero-order valence-corrected chi connectivity index (χ0v) is 10.9. The second-order valence-electron chi connectivity index (χ2n) is 4.78. The van der Waals surface area contributed by atoms with E-state index in [1.807, 2.05) is 19.1 Å². The van der Waals surface area contributed by atoms with Crippen LogP contribution in [-0.4, -0.2) is 51.0 Å². The Morgan fingerprint density at radius 1 is 1.30 bits per heavy atom. The first kappa shape index (κ1) is 12.5. The number of hydrogen-bond acceptors (Lipinski definition) is 5. The minimum Gasteiger partial charge on any atom is -0.350 e. The summed E-state index contributed by atoms with van der Waals surface area (Å²) < 4.78 is 0. The van der Waals surface area contributed by atoms with Gasteiger partial charge < -0.3 is 10.2 Å². The van der Waals surface area contributed by atoms with Crippen molar-refractivity contribution < 1.29 is 9.59 Å². The first-order valence-corrected chi connectivity index (χ1v) is 6.31. The van der Waals surface area contributed by atoms with E-state index in [9.17, 15) is 9.59 Å². The fourth-order valence-electron chi connectivity index (χ4n) is 2.20. The maximum absolute atomic E-state index is 12.3. The van der Waals surface area contributed by atoms with Crippen LogP contribution in [0.25, 0.3) is 11.0 Å². The summed E-state index contributed by atoms with van der Waals surface area (Å²) in [7, 11) is 0. The van der Waals surface area contributed by atoms with Gasteiger partial charge in [-0.05, 0) is 19.1 Å². The summed E-state index contributed by atoms with van der Waals surface area (Å²) in [6, 6.07) is 7.12. The fourth-order valence-corrected chi connectivity index (χ4v) is 2.20. The summed E-state index contributed by atoms with van der Waals surface area (Å²) >= 11 is 0. The van der Waals surface area contributed by atoms with Gasteiger partial charge in [0.1, 0.15) is 12.1 Å². The molecule has 0 radical (unpaired) electrons. The summed E-state index contributed by atoms with van der Waals surface area (Å²) in [6.07, 6.45) is 0. The van der Waals surface area contributed by atoms with Gasteiger partial charge >= 0.3 is 0 Å². The van der Waals surface area contributed by atoms with Gasteiger partial charge in [0, 0.05) is 12.6 Å². The second kappa shape index (κ2) is 4.84. The van der Waals surface area contributed by atoms with Gasteiger partial charge in [0.05, 0.1) is 5.52 Å². The largest absolute Gasteiger partial charge is 0.350 e. The first-order chi connectivity index (χ1) is 9.63. The molecule has 0 saturated carbocycles. The number of para-hydroxylation sites is 1. The molecule has 102 valence electrons. The minimum absolute atomic E-state index is 0.0191. The van der Waals surface area contributed by atoms with E-state index >= 15 is 0 Å². The quantitative estimate of drug-likeness (QED) is 0.787. The van der Waals surface area contributed by atoms with Gasteiger partial charge in [-0.1, -0.05) is 12.1 Å². The van der Waals surface area contributed by atoms with E-state index in [1.165, 1.54) is 4.90 Å². The van der Waals surface area contributed by atoms with Crippen molar-refractivity contribution in [1.82, 2.24) is 25.4 Å². The van der Waals surface area contributed by atoms with Crippen molar-refractivity contribution in [3.8, 4) is 0 Å². The standard InChI is InChI=1S/C13H13N5O2/c1-8-6-18(7-11(19)14-8)13(20)12-15-9-4-2-3-5-10(9)16-17-12/h2-5,8H,6-7H2,1H3,(H,14,19). The Kier molecular flexibility index (Phi) is 3.02. The summed E-state index contributed by atoms with van der Waals surface area (Å²) in [6.45, 7) is 2.32. The number of nitrogens with zero attached hydrogens (tertiary/aromatic N) is 4. The molecule has 1 atom stereocenters. The number of nitrogens with one attached hydrogen (secondary N) is 1. The summed E-state index contributed by atoms with van der Waals surface area (Å²) in [5.74, 6) is -0.526. The zero-order chi connectivity index (χ0) is 14.1. The van der Waals surface area contributed by atoms with E-state index in [0.29, 0.717) is 17.6 Å². The number of benzene rings is 1. The van der Waals surface area contributed by atoms with Gasteiger partial charge in [-0.3, -0.25) is 9.59 Å². The molecule has 1 unspecified atom stereocenters. The van der Waals surface area contributed by atoms with Gasteiger partial charge in [-0.15, -0.1) is 10.2 Å². The molecule has 7 heteroatoms. The van der Waals surface area contributed by atoms with Crippen LogP contribution < -0.4 is 5.32 Å². The van der Waals surface area contributed by atoms with Crippen molar-refractivity contribution in [3.05, 3.63) is 30.1 Å². The lowest BCUT2D eigenvalue weighted by Crippen LogP contribution is -2.54. The third-order valence-electron chi connectivity index (χ3n) is 3.08. The second-order valence-corrected chi connectivity index (χ2v) is 4.78. The van der Waals surface area contributed by atoms with Gasteiger partial charge in [0.2, 0.25) is 11.7 Å². The van der Waals surface area contributed by atoms with Crippen LogP contribution in [-0.2, 0) is 4.79 Å². The predicted molar refractivity (Wildman–Crippen MR) is 70.8 cm³/mol. The van der Waals surface area contributed by atoms with Crippen LogP contribution in [0.3, 0.4) is 0 Å². The molecule has 0 spiro atoms. The molecule has 0 aliphatic carbocycles. The molecule has 1 aromatic carbocycles. The monoisotopic (exact) mass is 271 g/mol. The van der Waals surface area contributed by atoms with Crippen LogP contribution in [0, 0.1) is 0 Å². The summed E-state index contributed by atoms with van der Waals surface area (Å²) in [5, 5.41) is 10.6. The number of piperazine rings is 1. The van der Waals surface area contributed by atoms with E-state index in [2.05, 4.69) is 20.5 Å². The zero-order valence-electron chi connectivity index (χ0n) is 10.9. The molecule has 1 N–H and O–H groups in total. The summed E-state index contributed by atoms with van der Waals surface area (Å²) in [4.78, 5) is 29.4. The Hall–Kier alpha value is -2.57. The molecule has 2 aromatic rings. The van der Waals surface area contributed by atoms with Gasteiger partial charge in [-0.2, -0.15) is 0 Å². The first-order valence-electron chi connectivity index (χ1n) is 6.31. The molecule has 1 aromatic heterocycles. The smallest absolute Gasteiger partial charge is 0.294 e. The van der Waals surface area contributed by atoms with Crippen LogP contribution in [0.5, 0.6) is 0 Å². The number of aromatic nitrogens is 3. The number of carbonyl (C=O) groups is 2. The molecule has 1 aliphatic rings. The van der Waals surface area contributed by atoms with E-state index in [4.69, 9.17) is 0 Å². The number of fused-ring (bicyclic) bond motifs is 1. The molecule has 2 heterocycles. The van der Waals surface area contributed by atoms with E-state index in [0.717, 1.165) is 0 Å². The molecule has 3 rings (SSSR count). The highest BCUT2D eigenvalue weighted by molar-refractivity contribution is 5.95. The molecule has 2 amide bonds. The van der Waals surface area contributed by atoms with Crippen LogP contribution in [0.2, 0.25) is 0 Å². The molecule has 20 heavy (non-hydrogen) atoms. The highest BCUT2D eigenvalue weighted by atomic mass is 16.2. The lowest BCUT2D eigenvalue weighted by molar-refractivity contribution is -0.124. The van der Waals surface area contributed by atoms with Crippen molar-refractivity contribution >= 4 is 22.8 Å². The average molecular weight is 271 g/mol. The maximum Gasteiger partial charge on any atom is 0.294 e. The van der Waals surface area contributed by atoms with E-state index < -0.39 is 0 Å². The number of amides is 2. The maximum atomic E-state index is 12.3. The van der Waals surface area contributed by atoms with Crippen LogP contribution >= 0.6 is 0 Å². The van der Waals surface area contributed by atoms with Gasteiger partial charge in [0.25, 0.3) is 5.91 Å². The molecular formula is C13H13N5O2. The Balaban J connectivity index is 1.90. The SMILES string of the molecule is CC1CN(C(=O)c2nnc3ccccc3n2)CC(=O)N1. The van der Waals surface area contributed by atoms with Crippen molar-refractivity contribution in [3.63, 3.8) is 0 Å². The predicted octanol–water partition coefficient (Wildman–Crippen LogP) is -0.0147. The van der Waals surface area contributed by atoms with Crippen molar-refractivity contribution in [1.29, 1.82) is 0 Å². The Morgan fingerprint density at radius 3 is 2.80 bits per heavy atom. The van der Waals surface area contributed by atoms with Gasteiger partial charge in [-0.25, -0.2) is 4.98 Å². The third kappa shape index (κ3) is 2.29. The Morgan fingerprint density at radius 2 is 2.05 bits per heavy atom. The average Bonchev–Trinajstić information content (AvgIpc) is 2.45.